The molecule has 1 rings (SSSR count). The third-order valence-electron chi connectivity index (χ3n) is 1.43. The van der Waals surface area contributed by atoms with E-state index < -0.39 is 0 Å². The lowest BCUT2D eigenvalue weighted by Gasteiger charge is -2.03. The smallest absolute Gasteiger partial charge is 0.163 e. The number of halogens is 1. The lowest BCUT2D eigenvalue weighted by molar-refractivity contribution is 0.101. The molecule has 1 aromatic heterocycles. The van der Waals surface area contributed by atoms with Gasteiger partial charge in [0.15, 0.2) is 5.78 Å². The summed E-state index contributed by atoms with van der Waals surface area (Å²) in [5, 5.41) is 0.293. The number of pyridine rings is 1. The van der Waals surface area contributed by atoms with Crippen LogP contribution in [0.4, 0.5) is 0 Å². The summed E-state index contributed by atoms with van der Waals surface area (Å²) < 4.78 is 4.92. The standard InChI is InChI=1S/C8H8ClNO2/c1-5(11)6-3-8(9)10-4-7(6)12-2/h3-4H,1-2H3. The van der Waals surface area contributed by atoms with E-state index >= 15 is 0 Å². The second-order valence-electron chi connectivity index (χ2n) is 2.26. The van der Waals surface area contributed by atoms with Crippen molar-refractivity contribution < 1.29 is 9.53 Å². The Labute approximate surface area is 75.3 Å². The van der Waals surface area contributed by atoms with Gasteiger partial charge in [0.1, 0.15) is 10.9 Å². The minimum atomic E-state index is -0.0869. The molecular formula is C8H8ClNO2. The molecule has 0 saturated heterocycles. The van der Waals surface area contributed by atoms with Crippen LogP contribution < -0.4 is 4.74 Å². The van der Waals surface area contributed by atoms with Gasteiger partial charge < -0.3 is 4.74 Å². The summed E-state index contributed by atoms with van der Waals surface area (Å²) in [6, 6.07) is 1.49. The molecule has 0 aromatic carbocycles. The van der Waals surface area contributed by atoms with Crippen LogP contribution in [0.25, 0.3) is 0 Å². The van der Waals surface area contributed by atoms with Crippen molar-refractivity contribution in [2.75, 3.05) is 7.11 Å². The van der Waals surface area contributed by atoms with Crippen molar-refractivity contribution in [2.45, 2.75) is 6.92 Å². The zero-order valence-corrected chi connectivity index (χ0v) is 7.55. The molecule has 0 aliphatic carbocycles. The fraction of sp³-hybridized carbons (Fsp3) is 0.250. The van der Waals surface area contributed by atoms with Crippen molar-refractivity contribution in [1.82, 2.24) is 4.98 Å². The maximum absolute atomic E-state index is 11.0. The van der Waals surface area contributed by atoms with Gasteiger partial charge in [-0.05, 0) is 13.0 Å². The van der Waals surface area contributed by atoms with Crippen LogP contribution in [0.1, 0.15) is 17.3 Å². The van der Waals surface area contributed by atoms with Gasteiger partial charge in [-0.1, -0.05) is 11.6 Å². The highest BCUT2D eigenvalue weighted by atomic mass is 35.5. The average Bonchev–Trinajstić information content (AvgIpc) is 2.04. The Balaban J connectivity index is 3.21. The second kappa shape index (κ2) is 3.54. The SMILES string of the molecule is COc1cnc(Cl)cc1C(C)=O. The van der Waals surface area contributed by atoms with Crippen molar-refractivity contribution >= 4 is 17.4 Å². The molecule has 0 spiro atoms. The fourth-order valence-electron chi connectivity index (χ4n) is 0.855. The van der Waals surface area contributed by atoms with Gasteiger partial charge in [-0.15, -0.1) is 0 Å². The first-order valence-corrected chi connectivity index (χ1v) is 3.73. The zero-order chi connectivity index (χ0) is 9.14. The quantitative estimate of drug-likeness (QED) is 0.522. The molecule has 0 saturated carbocycles. The first-order chi connectivity index (χ1) is 5.65. The fourth-order valence-corrected chi connectivity index (χ4v) is 1.01. The predicted molar refractivity (Wildman–Crippen MR) is 45.8 cm³/mol. The molecule has 1 aromatic rings. The van der Waals surface area contributed by atoms with Gasteiger partial charge in [0.05, 0.1) is 18.9 Å². The number of carbonyl (C=O) groups is 1. The van der Waals surface area contributed by atoms with E-state index in [0.29, 0.717) is 16.5 Å². The van der Waals surface area contributed by atoms with Crippen LogP contribution in [0.15, 0.2) is 12.3 Å². The molecular weight excluding hydrogens is 178 g/mol. The van der Waals surface area contributed by atoms with Crippen LogP contribution in [0.5, 0.6) is 5.75 Å². The number of ether oxygens (including phenoxy) is 1. The Morgan fingerprint density at radius 3 is 2.83 bits per heavy atom. The van der Waals surface area contributed by atoms with Gasteiger partial charge in [0.25, 0.3) is 0 Å². The van der Waals surface area contributed by atoms with Gasteiger partial charge >= 0.3 is 0 Å². The number of rotatable bonds is 2. The molecule has 0 bridgehead atoms. The molecule has 0 N–H and O–H groups in total. The van der Waals surface area contributed by atoms with E-state index in [1.54, 1.807) is 0 Å². The molecule has 12 heavy (non-hydrogen) atoms. The van der Waals surface area contributed by atoms with E-state index in [9.17, 15) is 4.79 Å². The molecule has 64 valence electrons. The summed E-state index contributed by atoms with van der Waals surface area (Å²) in [5.74, 6) is 0.364. The topological polar surface area (TPSA) is 39.2 Å². The summed E-state index contributed by atoms with van der Waals surface area (Å²) in [5.41, 5.74) is 0.456. The van der Waals surface area contributed by atoms with Crippen LogP contribution >= 0.6 is 11.6 Å². The normalized spacial score (nSPS) is 9.58. The van der Waals surface area contributed by atoms with Crippen LogP contribution in [-0.4, -0.2) is 17.9 Å². The molecule has 0 fully saturated rings. The second-order valence-corrected chi connectivity index (χ2v) is 2.65. The number of Topliss-reactive ketones (excluding diaryl/α,β-unsaturated/α-hetero) is 1. The van der Waals surface area contributed by atoms with E-state index in [2.05, 4.69) is 4.98 Å². The molecule has 0 amide bonds. The van der Waals surface area contributed by atoms with Gasteiger partial charge in [0.2, 0.25) is 0 Å². The third kappa shape index (κ3) is 1.74. The Hall–Kier alpha value is -1.09. The molecule has 0 radical (unpaired) electrons. The van der Waals surface area contributed by atoms with Crippen LogP contribution in [-0.2, 0) is 0 Å². The van der Waals surface area contributed by atoms with E-state index in [1.807, 2.05) is 0 Å². The average molecular weight is 186 g/mol. The van der Waals surface area contributed by atoms with Crippen LogP contribution in [0.2, 0.25) is 5.15 Å². The van der Waals surface area contributed by atoms with Crippen LogP contribution in [0.3, 0.4) is 0 Å². The first-order valence-electron chi connectivity index (χ1n) is 3.35. The molecule has 0 aliphatic rings. The summed E-state index contributed by atoms with van der Waals surface area (Å²) in [6.07, 6.45) is 1.43. The lowest BCUT2D eigenvalue weighted by atomic mass is 10.2. The molecule has 4 heteroatoms. The van der Waals surface area contributed by atoms with Crippen molar-refractivity contribution in [2.24, 2.45) is 0 Å². The predicted octanol–water partition coefficient (Wildman–Crippen LogP) is 1.95. The van der Waals surface area contributed by atoms with Gasteiger partial charge in [0, 0.05) is 0 Å². The molecule has 3 nitrogen and oxygen atoms in total. The van der Waals surface area contributed by atoms with Crippen molar-refractivity contribution in [3.63, 3.8) is 0 Å². The Morgan fingerprint density at radius 2 is 2.33 bits per heavy atom. The van der Waals surface area contributed by atoms with Crippen molar-refractivity contribution in [3.05, 3.63) is 23.0 Å². The minimum Gasteiger partial charge on any atom is -0.494 e. The van der Waals surface area contributed by atoms with Gasteiger partial charge in [-0.2, -0.15) is 0 Å². The van der Waals surface area contributed by atoms with Crippen LogP contribution in [0, 0.1) is 0 Å². The number of nitrogens with zero attached hydrogens (tertiary/aromatic N) is 1. The zero-order valence-electron chi connectivity index (χ0n) is 6.80. The number of hydrogen-bond acceptors (Lipinski definition) is 3. The number of hydrogen-bond donors (Lipinski definition) is 0. The Kier molecular flexibility index (Phi) is 2.65. The number of methoxy groups -OCH3 is 1. The van der Waals surface area contributed by atoms with Gasteiger partial charge in [-0.25, -0.2) is 4.98 Å². The lowest BCUT2D eigenvalue weighted by Crippen LogP contribution is -1.98. The van der Waals surface area contributed by atoms with Crippen molar-refractivity contribution in [3.8, 4) is 5.75 Å². The Morgan fingerprint density at radius 1 is 1.67 bits per heavy atom. The monoisotopic (exact) mass is 185 g/mol. The number of aromatic nitrogens is 1. The van der Waals surface area contributed by atoms with E-state index in [0.717, 1.165) is 0 Å². The van der Waals surface area contributed by atoms with E-state index in [1.165, 1.54) is 26.3 Å². The third-order valence-corrected chi connectivity index (χ3v) is 1.64. The summed E-state index contributed by atoms with van der Waals surface area (Å²) in [6.45, 7) is 1.45. The minimum absolute atomic E-state index is 0.0869. The van der Waals surface area contributed by atoms with Gasteiger partial charge in [-0.3, -0.25) is 4.79 Å². The van der Waals surface area contributed by atoms with Crippen molar-refractivity contribution in [1.29, 1.82) is 0 Å². The molecule has 1 heterocycles. The first kappa shape index (κ1) is 9.00. The molecule has 0 unspecified atom stereocenters. The Bertz CT molecular complexity index is 312. The maximum Gasteiger partial charge on any atom is 0.163 e. The highest BCUT2D eigenvalue weighted by molar-refractivity contribution is 6.29. The number of ketones is 1. The summed E-state index contributed by atoms with van der Waals surface area (Å²) >= 11 is 5.60. The highest BCUT2D eigenvalue weighted by Crippen LogP contribution is 2.20. The summed E-state index contributed by atoms with van der Waals surface area (Å²) in [4.78, 5) is 14.8. The number of carbonyl (C=O) groups excluding carboxylic acids is 1. The molecule has 0 aliphatic heterocycles. The molecule has 0 atom stereocenters. The maximum atomic E-state index is 11.0. The van der Waals surface area contributed by atoms with E-state index in [4.69, 9.17) is 16.3 Å². The highest BCUT2D eigenvalue weighted by Gasteiger charge is 2.08. The summed E-state index contributed by atoms with van der Waals surface area (Å²) in [7, 11) is 1.48. The van der Waals surface area contributed by atoms with E-state index in [-0.39, 0.29) is 5.78 Å². The largest absolute Gasteiger partial charge is 0.494 e.